The highest BCUT2D eigenvalue weighted by Gasteiger charge is 2.21. The molecule has 0 saturated heterocycles. The average molecular weight is 301 g/mol. The number of aromatic nitrogens is 1. The molecule has 1 aliphatic rings. The number of amides is 3. The molecule has 0 bridgehead atoms. The fourth-order valence-corrected chi connectivity index (χ4v) is 2.48. The monoisotopic (exact) mass is 301 g/mol. The number of carbonyl (C=O) groups excluding carboxylic acids is 2. The average Bonchev–Trinajstić information content (AvgIpc) is 3.24. The SMILES string of the molecule is CNC(=O)c1c(NC(N)=O)[nH]c2cc(CNC3CC3)ccc12. The van der Waals surface area contributed by atoms with Crippen molar-refractivity contribution in [1.29, 1.82) is 0 Å². The van der Waals surface area contributed by atoms with Crippen LogP contribution in [-0.2, 0) is 6.54 Å². The second kappa shape index (κ2) is 5.69. The summed E-state index contributed by atoms with van der Waals surface area (Å²) >= 11 is 0. The molecular formula is C15H19N5O2. The lowest BCUT2D eigenvalue weighted by atomic mass is 10.1. The van der Waals surface area contributed by atoms with E-state index < -0.39 is 6.03 Å². The number of nitrogens with one attached hydrogen (secondary N) is 4. The fraction of sp³-hybridized carbons (Fsp3) is 0.333. The van der Waals surface area contributed by atoms with Gasteiger partial charge in [-0.3, -0.25) is 10.1 Å². The number of aromatic amines is 1. The van der Waals surface area contributed by atoms with Crippen LogP contribution in [-0.4, -0.2) is 30.0 Å². The number of H-pyrrole nitrogens is 1. The predicted octanol–water partition coefficient (Wildman–Crippen LogP) is 1.27. The minimum Gasteiger partial charge on any atom is -0.355 e. The molecule has 0 radical (unpaired) electrons. The molecule has 1 aliphatic carbocycles. The number of hydrogen-bond donors (Lipinski definition) is 5. The zero-order valence-corrected chi connectivity index (χ0v) is 12.3. The normalized spacial score (nSPS) is 14.0. The molecule has 1 aromatic heterocycles. The smallest absolute Gasteiger partial charge is 0.317 e. The van der Waals surface area contributed by atoms with Crippen LogP contribution in [0.25, 0.3) is 10.9 Å². The Labute approximate surface area is 127 Å². The number of anilines is 1. The Bertz CT molecular complexity index is 733. The molecule has 6 N–H and O–H groups in total. The molecule has 1 aromatic carbocycles. The lowest BCUT2D eigenvalue weighted by molar-refractivity contribution is 0.0965. The summed E-state index contributed by atoms with van der Waals surface area (Å²) in [6.45, 7) is 0.785. The van der Waals surface area contributed by atoms with E-state index >= 15 is 0 Å². The van der Waals surface area contributed by atoms with E-state index in [0.717, 1.165) is 23.0 Å². The number of nitrogens with two attached hydrogens (primary N) is 1. The zero-order valence-electron chi connectivity index (χ0n) is 12.3. The maximum atomic E-state index is 12.1. The van der Waals surface area contributed by atoms with Gasteiger partial charge >= 0.3 is 6.03 Å². The minimum atomic E-state index is -0.715. The van der Waals surface area contributed by atoms with Crippen LogP contribution in [0.3, 0.4) is 0 Å². The molecule has 0 unspecified atom stereocenters. The molecule has 7 heteroatoms. The van der Waals surface area contributed by atoms with Gasteiger partial charge in [-0.05, 0) is 24.5 Å². The van der Waals surface area contributed by atoms with E-state index in [0.29, 0.717) is 17.4 Å². The summed E-state index contributed by atoms with van der Waals surface area (Å²) in [6, 6.07) is 5.75. The van der Waals surface area contributed by atoms with Crippen molar-refractivity contribution in [3.8, 4) is 0 Å². The molecule has 3 amide bonds. The van der Waals surface area contributed by atoms with Crippen molar-refractivity contribution in [2.24, 2.45) is 5.73 Å². The first-order valence-corrected chi connectivity index (χ1v) is 7.25. The van der Waals surface area contributed by atoms with Crippen LogP contribution in [0.2, 0.25) is 0 Å². The second-order valence-corrected chi connectivity index (χ2v) is 5.48. The second-order valence-electron chi connectivity index (χ2n) is 5.48. The van der Waals surface area contributed by atoms with Gasteiger partial charge in [-0.1, -0.05) is 12.1 Å². The maximum absolute atomic E-state index is 12.1. The molecular weight excluding hydrogens is 282 g/mol. The molecule has 7 nitrogen and oxygen atoms in total. The first-order valence-electron chi connectivity index (χ1n) is 7.25. The highest BCUT2D eigenvalue weighted by molar-refractivity contribution is 6.13. The van der Waals surface area contributed by atoms with Crippen molar-refractivity contribution in [1.82, 2.24) is 15.6 Å². The van der Waals surface area contributed by atoms with Gasteiger partial charge in [0.1, 0.15) is 5.82 Å². The lowest BCUT2D eigenvalue weighted by Gasteiger charge is -2.04. The molecule has 1 heterocycles. The van der Waals surface area contributed by atoms with Gasteiger partial charge in [0.15, 0.2) is 0 Å². The molecule has 116 valence electrons. The lowest BCUT2D eigenvalue weighted by Crippen LogP contribution is -2.23. The zero-order chi connectivity index (χ0) is 15.7. The molecule has 0 aliphatic heterocycles. The summed E-state index contributed by atoms with van der Waals surface area (Å²) < 4.78 is 0. The first kappa shape index (κ1) is 14.4. The van der Waals surface area contributed by atoms with E-state index in [9.17, 15) is 9.59 Å². The number of urea groups is 1. The van der Waals surface area contributed by atoms with Gasteiger partial charge in [0, 0.05) is 30.5 Å². The van der Waals surface area contributed by atoms with E-state index in [1.807, 2.05) is 18.2 Å². The van der Waals surface area contributed by atoms with Crippen molar-refractivity contribution in [2.45, 2.75) is 25.4 Å². The van der Waals surface area contributed by atoms with Crippen molar-refractivity contribution in [2.75, 3.05) is 12.4 Å². The van der Waals surface area contributed by atoms with E-state index in [4.69, 9.17) is 5.73 Å². The highest BCUT2D eigenvalue weighted by atomic mass is 16.2. The molecule has 0 spiro atoms. The van der Waals surface area contributed by atoms with E-state index in [-0.39, 0.29) is 5.91 Å². The highest BCUT2D eigenvalue weighted by Crippen LogP contribution is 2.27. The van der Waals surface area contributed by atoms with Gasteiger partial charge in [-0.15, -0.1) is 0 Å². The van der Waals surface area contributed by atoms with Crippen molar-refractivity contribution >= 4 is 28.7 Å². The fourth-order valence-electron chi connectivity index (χ4n) is 2.48. The Balaban J connectivity index is 1.97. The Morgan fingerprint density at radius 2 is 2.14 bits per heavy atom. The number of primary amides is 1. The van der Waals surface area contributed by atoms with Gasteiger partial charge in [-0.25, -0.2) is 4.79 Å². The Hall–Kier alpha value is -2.54. The third kappa shape index (κ3) is 2.89. The number of hydrogen-bond acceptors (Lipinski definition) is 3. The third-order valence-electron chi connectivity index (χ3n) is 3.74. The van der Waals surface area contributed by atoms with Crippen LogP contribution in [0, 0.1) is 0 Å². The quantitative estimate of drug-likeness (QED) is 0.573. The standard InChI is InChI=1S/C15H19N5O2/c1-17-14(21)12-10-5-2-8(7-18-9-3-4-9)6-11(10)19-13(12)20-15(16)22/h2,5-6,9,18-19H,3-4,7H2,1H3,(H,17,21)(H3,16,20,22). The Morgan fingerprint density at radius 1 is 1.36 bits per heavy atom. The van der Waals surface area contributed by atoms with E-state index in [1.165, 1.54) is 12.8 Å². The van der Waals surface area contributed by atoms with Crippen LogP contribution in [0.4, 0.5) is 10.6 Å². The third-order valence-corrected chi connectivity index (χ3v) is 3.74. The largest absolute Gasteiger partial charge is 0.355 e. The first-order chi connectivity index (χ1) is 10.6. The maximum Gasteiger partial charge on any atom is 0.317 e. The summed E-state index contributed by atoms with van der Waals surface area (Å²) in [5, 5.41) is 9.23. The van der Waals surface area contributed by atoms with Crippen LogP contribution < -0.4 is 21.7 Å². The van der Waals surface area contributed by atoms with Crippen LogP contribution in [0.5, 0.6) is 0 Å². The predicted molar refractivity (Wildman–Crippen MR) is 84.8 cm³/mol. The summed E-state index contributed by atoms with van der Waals surface area (Å²) in [6.07, 6.45) is 2.47. The summed E-state index contributed by atoms with van der Waals surface area (Å²) in [4.78, 5) is 26.2. The molecule has 22 heavy (non-hydrogen) atoms. The molecule has 1 fully saturated rings. The van der Waals surface area contributed by atoms with Crippen molar-refractivity contribution < 1.29 is 9.59 Å². The van der Waals surface area contributed by atoms with Gasteiger partial charge in [-0.2, -0.15) is 0 Å². The van der Waals surface area contributed by atoms with Gasteiger partial charge in [0.25, 0.3) is 5.91 Å². The van der Waals surface area contributed by atoms with E-state index in [2.05, 4.69) is 20.9 Å². The van der Waals surface area contributed by atoms with Crippen molar-refractivity contribution in [3.63, 3.8) is 0 Å². The van der Waals surface area contributed by atoms with Gasteiger partial charge < -0.3 is 21.4 Å². The Morgan fingerprint density at radius 3 is 2.77 bits per heavy atom. The minimum absolute atomic E-state index is 0.279. The number of benzene rings is 1. The van der Waals surface area contributed by atoms with E-state index in [1.54, 1.807) is 7.05 Å². The molecule has 2 aromatic rings. The number of fused-ring (bicyclic) bond motifs is 1. The van der Waals surface area contributed by atoms with Crippen LogP contribution >= 0.6 is 0 Å². The summed E-state index contributed by atoms with van der Waals surface area (Å²) in [7, 11) is 1.54. The van der Waals surface area contributed by atoms with Crippen molar-refractivity contribution in [3.05, 3.63) is 29.3 Å². The molecule has 1 saturated carbocycles. The molecule has 3 rings (SSSR count). The van der Waals surface area contributed by atoms with Gasteiger partial charge in [0.2, 0.25) is 0 Å². The number of carbonyl (C=O) groups is 2. The topological polar surface area (TPSA) is 112 Å². The Kier molecular flexibility index (Phi) is 3.72. The van der Waals surface area contributed by atoms with Gasteiger partial charge in [0.05, 0.1) is 5.56 Å². The summed E-state index contributed by atoms with van der Waals surface area (Å²) in [5.41, 5.74) is 7.46. The number of rotatable bonds is 5. The summed E-state index contributed by atoms with van der Waals surface area (Å²) in [5.74, 6) is 0.0352. The molecule has 0 atom stereocenters. The van der Waals surface area contributed by atoms with Crippen LogP contribution in [0.1, 0.15) is 28.8 Å². The van der Waals surface area contributed by atoms with Crippen LogP contribution in [0.15, 0.2) is 18.2 Å².